The SMILES string of the molecule is CCn1c2ccccc2c2cc([As](=O)(O)O)ccc21. The summed E-state index contributed by atoms with van der Waals surface area (Å²) in [5, 5.41) is 1.94. The minimum atomic E-state index is -4.84. The number of para-hydroxylation sites is 1. The van der Waals surface area contributed by atoms with Crippen molar-refractivity contribution in [2.24, 2.45) is 0 Å². The van der Waals surface area contributed by atoms with E-state index >= 15 is 0 Å². The van der Waals surface area contributed by atoms with Gasteiger partial charge in [-0.25, -0.2) is 0 Å². The maximum atomic E-state index is 11.4. The van der Waals surface area contributed by atoms with Gasteiger partial charge < -0.3 is 0 Å². The van der Waals surface area contributed by atoms with Crippen molar-refractivity contribution in [1.29, 1.82) is 0 Å². The van der Waals surface area contributed by atoms with E-state index in [0.717, 1.165) is 28.4 Å². The standard InChI is InChI=1S/C14H14AsNO3/c1-2-16-13-6-4-3-5-11(13)12-9-10(15(17,18)19)7-8-14(12)16/h3-9H,2H2,1H3,(H2,17,18,19). The molecule has 0 fully saturated rings. The number of nitrogens with zero attached hydrogens (tertiary/aromatic N) is 1. The summed E-state index contributed by atoms with van der Waals surface area (Å²) in [4.78, 5) is 0. The third-order valence-electron chi connectivity index (χ3n) is 3.41. The van der Waals surface area contributed by atoms with Crippen molar-refractivity contribution in [3.8, 4) is 0 Å². The van der Waals surface area contributed by atoms with E-state index in [4.69, 9.17) is 0 Å². The number of benzene rings is 2. The molecule has 0 amide bonds. The van der Waals surface area contributed by atoms with Crippen LogP contribution < -0.4 is 4.35 Å². The van der Waals surface area contributed by atoms with Crippen LogP contribution in [0.5, 0.6) is 0 Å². The Balaban J connectivity index is 2.46. The fourth-order valence-electron chi connectivity index (χ4n) is 2.56. The van der Waals surface area contributed by atoms with E-state index in [1.807, 2.05) is 24.3 Å². The van der Waals surface area contributed by atoms with Crippen molar-refractivity contribution < 1.29 is 11.9 Å². The Morgan fingerprint density at radius 1 is 1.05 bits per heavy atom. The summed E-state index contributed by atoms with van der Waals surface area (Å²) in [5.41, 5.74) is 2.10. The van der Waals surface area contributed by atoms with Crippen molar-refractivity contribution in [3.63, 3.8) is 0 Å². The summed E-state index contributed by atoms with van der Waals surface area (Å²) in [5.74, 6) is 0. The normalized spacial score (nSPS) is 12.4. The monoisotopic (exact) mass is 319 g/mol. The van der Waals surface area contributed by atoms with Gasteiger partial charge in [-0.2, -0.15) is 0 Å². The molecule has 0 aliphatic heterocycles. The van der Waals surface area contributed by atoms with Crippen LogP contribution in [-0.2, 0) is 10.3 Å². The number of hydrogen-bond acceptors (Lipinski definition) is 1. The first-order chi connectivity index (χ1) is 9.02. The van der Waals surface area contributed by atoms with E-state index in [1.54, 1.807) is 12.1 Å². The molecule has 3 aromatic rings. The zero-order valence-electron chi connectivity index (χ0n) is 10.4. The Labute approximate surface area is 113 Å². The molecule has 4 nitrogen and oxygen atoms in total. The van der Waals surface area contributed by atoms with E-state index in [1.165, 1.54) is 6.07 Å². The van der Waals surface area contributed by atoms with Gasteiger partial charge in [0.2, 0.25) is 0 Å². The predicted molar refractivity (Wildman–Crippen MR) is 75.6 cm³/mol. The zero-order valence-corrected chi connectivity index (χ0v) is 12.3. The second kappa shape index (κ2) is 4.27. The molecule has 0 unspecified atom stereocenters. The second-order valence-electron chi connectivity index (χ2n) is 4.51. The second-order valence-corrected chi connectivity index (χ2v) is 7.87. The van der Waals surface area contributed by atoms with Gasteiger partial charge in [-0.15, -0.1) is 0 Å². The number of aryl methyl sites for hydroxylation is 1. The molecule has 0 saturated heterocycles. The van der Waals surface area contributed by atoms with Gasteiger partial charge in [0.05, 0.1) is 0 Å². The average Bonchev–Trinajstić information content (AvgIpc) is 2.70. The predicted octanol–water partition coefficient (Wildman–Crippen LogP) is 1.38. The minimum absolute atomic E-state index is 0.129. The van der Waals surface area contributed by atoms with Crippen LogP contribution in [0.3, 0.4) is 0 Å². The fraction of sp³-hybridized carbons (Fsp3) is 0.143. The van der Waals surface area contributed by atoms with Gasteiger partial charge in [-0.3, -0.25) is 0 Å². The van der Waals surface area contributed by atoms with Crippen molar-refractivity contribution in [1.82, 2.24) is 4.57 Å². The van der Waals surface area contributed by atoms with Crippen molar-refractivity contribution >= 4 is 40.3 Å². The summed E-state index contributed by atoms with van der Waals surface area (Å²) >= 11 is -4.84. The summed E-state index contributed by atoms with van der Waals surface area (Å²) in [6.45, 7) is 2.89. The molecule has 0 atom stereocenters. The summed E-state index contributed by atoms with van der Waals surface area (Å²) in [6, 6.07) is 12.9. The molecule has 5 heteroatoms. The molecule has 2 aromatic carbocycles. The van der Waals surface area contributed by atoms with E-state index in [0.29, 0.717) is 0 Å². The Kier molecular flexibility index (Phi) is 2.82. The number of fused-ring (bicyclic) bond motifs is 3. The molecule has 3 rings (SSSR count). The van der Waals surface area contributed by atoms with Crippen LogP contribution in [0, 0.1) is 0 Å². The zero-order chi connectivity index (χ0) is 13.6. The van der Waals surface area contributed by atoms with Crippen LogP contribution in [0.15, 0.2) is 42.5 Å². The quantitative estimate of drug-likeness (QED) is 0.702. The molecular formula is C14H14AsNO3. The first-order valence-corrected chi connectivity index (χ1v) is 9.47. The molecule has 0 saturated carbocycles. The van der Waals surface area contributed by atoms with Gasteiger partial charge >= 0.3 is 113 Å². The average molecular weight is 319 g/mol. The van der Waals surface area contributed by atoms with Crippen molar-refractivity contribution in [2.75, 3.05) is 0 Å². The van der Waals surface area contributed by atoms with Crippen LogP contribution in [0.2, 0.25) is 0 Å². The Morgan fingerprint density at radius 2 is 1.74 bits per heavy atom. The summed E-state index contributed by atoms with van der Waals surface area (Å²) < 4.78 is 32.4. The van der Waals surface area contributed by atoms with Crippen LogP contribution >= 0.6 is 0 Å². The van der Waals surface area contributed by atoms with Crippen molar-refractivity contribution in [2.45, 2.75) is 13.5 Å². The van der Waals surface area contributed by atoms with E-state index in [2.05, 4.69) is 11.5 Å². The third kappa shape index (κ3) is 1.93. The van der Waals surface area contributed by atoms with Gasteiger partial charge in [0.15, 0.2) is 0 Å². The van der Waals surface area contributed by atoms with Gasteiger partial charge in [0.25, 0.3) is 0 Å². The molecule has 98 valence electrons. The molecular weight excluding hydrogens is 305 g/mol. The first-order valence-electron chi connectivity index (χ1n) is 6.09. The molecule has 0 aliphatic carbocycles. The van der Waals surface area contributed by atoms with E-state index < -0.39 is 14.2 Å². The molecule has 1 heterocycles. The molecule has 0 radical (unpaired) electrons. The summed E-state index contributed by atoms with van der Waals surface area (Å²) in [7, 11) is 0. The third-order valence-corrected chi connectivity index (χ3v) is 5.40. The maximum absolute atomic E-state index is 11.4. The van der Waals surface area contributed by atoms with Crippen LogP contribution in [0.25, 0.3) is 21.8 Å². The first kappa shape index (κ1) is 12.5. The van der Waals surface area contributed by atoms with Crippen molar-refractivity contribution in [3.05, 3.63) is 42.5 Å². The number of hydrogen-bond donors (Lipinski definition) is 2. The van der Waals surface area contributed by atoms with Gasteiger partial charge in [-0.05, 0) is 0 Å². The Morgan fingerprint density at radius 3 is 2.42 bits per heavy atom. The topological polar surface area (TPSA) is 62.5 Å². The van der Waals surface area contributed by atoms with Gasteiger partial charge in [0, 0.05) is 0 Å². The van der Waals surface area contributed by atoms with Crippen LogP contribution in [0.1, 0.15) is 6.92 Å². The number of aromatic nitrogens is 1. The fourth-order valence-corrected chi connectivity index (χ4v) is 3.75. The number of rotatable bonds is 2. The van der Waals surface area contributed by atoms with Crippen LogP contribution in [0.4, 0.5) is 0 Å². The molecule has 1 aromatic heterocycles. The molecule has 0 aliphatic rings. The van der Waals surface area contributed by atoms with Crippen LogP contribution in [-0.4, -0.2) is 26.9 Å². The molecule has 2 N–H and O–H groups in total. The van der Waals surface area contributed by atoms with Gasteiger partial charge in [0.1, 0.15) is 0 Å². The Bertz CT molecular complexity index is 816. The molecule has 0 spiro atoms. The molecule has 19 heavy (non-hydrogen) atoms. The Hall–Kier alpha value is -1.48. The summed E-state index contributed by atoms with van der Waals surface area (Å²) in [6.07, 6.45) is 0. The van der Waals surface area contributed by atoms with Gasteiger partial charge in [-0.1, -0.05) is 0 Å². The van der Waals surface area contributed by atoms with E-state index in [-0.39, 0.29) is 4.35 Å². The molecule has 0 bridgehead atoms. The van der Waals surface area contributed by atoms with E-state index in [9.17, 15) is 11.9 Å².